The Balaban J connectivity index is 2.00. The molecule has 0 atom stereocenters. The van der Waals surface area contributed by atoms with Gasteiger partial charge in [0.1, 0.15) is 22.8 Å². The molecule has 0 radical (unpaired) electrons. The quantitative estimate of drug-likeness (QED) is 0.712. The van der Waals surface area contributed by atoms with Gasteiger partial charge in [-0.2, -0.15) is 0 Å². The average Bonchev–Trinajstić information content (AvgIpc) is 3.01. The molecule has 0 saturated heterocycles. The van der Waals surface area contributed by atoms with Crippen LogP contribution in [0.15, 0.2) is 40.8 Å². The lowest BCUT2D eigenvalue weighted by molar-refractivity contribution is 0.374. The molecule has 0 saturated carbocycles. The van der Waals surface area contributed by atoms with Crippen molar-refractivity contribution in [2.45, 2.75) is 0 Å². The Morgan fingerprint density at radius 1 is 0.913 bits per heavy atom. The lowest BCUT2D eigenvalue weighted by Gasteiger charge is -2.12. The number of hydrogen-bond acceptors (Lipinski definition) is 5. The van der Waals surface area contributed by atoms with E-state index in [-0.39, 0.29) is 0 Å². The number of oxazole rings is 1. The van der Waals surface area contributed by atoms with Crippen molar-refractivity contribution in [3.63, 3.8) is 0 Å². The van der Waals surface area contributed by atoms with Crippen LogP contribution in [-0.4, -0.2) is 26.3 Å². The second kappa shape index (κ2) is 6.44. The second-order valence-electron chi connectivity index (χ2n) is 4.80. The fraction of sp³-hybridized carbons (Fsp3) is 0.167. The first-order valence-corrected chi connectivity index (χ1v) is 7.09. The van der Waals surface area contributed by atoms with Crippen LogP contribution in [0.3, 0.4) is 0 Å². The van der Waals surface area contributed by atoms with Crippen molar-refractivity contribution in [1.29, 1.82) is 0 Å². The third-order valence-electron chi connectivity index (χ3n) is 3.46. The van der Waals surface area contributed by atoms with Crippen LogP contribution in [0.5, 0.6) is 17.2 Å². The molecule has 118 valence electrons. The molecule has 0 amide bonds. The van der Waals surface area contributed by atoms with Crippen LogP contribution in [0.25, 0.3) is 23.3 Å². The van der Waals surface area contributed by atoms with E-state index in [1.165, 1.54) is 0 Å². The first-order chi connectivity index (χ1) is 11.2. The number of ether oxygens (including phenoxy) is 3. The highest BCUT2D eigenvalue weighted by molar-refractivity contribution is 5.78. The van der Waals surface area contributed by atoms with Gasteiger partial charge in [0, 0.05) is 18.2 Å². The molecule has 3 rings (SSSR count). The Morgan fingerprint density at radius 2 is 1.61 bits per heavy atom. The van der Waals surface area contributed by atoms with Crippen LogP contribution in [0.1, 0.15) is 11.5 Å². The van der Waals surface area contributed by atoms with Gasteiger partial charge in [0.25, 0.3) is 0 Å². The van der Waals surface area contributed by atoms with Crippen molar-refractivity contribution >= 4 is 23.3 Å². The Hall–Kier alpha value is -2.95. The molecule has 3 aromatic rings. The molecule has 0 N–H and O–H groups in total. The van der Waals surface area contributed by atoms with Crippen LogP contribution in [0.4, 0.5) is 0 Å². The predicted molar refractivity (Wildman–Crippen MR) is 89.0 cm³/mol. The van der Waals surface area contributed by atoms with Crippen LogP contribution in [0.2, 0.25) is 0 Å². The summed E-state index contributed by atoms with van der Waals surface area (Å²) in [6, 6.07) is 11.2. The summed E-state index contributed by atoms with van der Waals surface area (Å²) in [7, 11) is 4.80. The van der Waals surface area contributed by atoms with Gasteiger partial charge >= 0.3 is 0 Å². The second-order valence-corrected chi connectivity index (χ2v) is 4.80. The summed E-state index contributed by atoms with van der Waals surface area (Å²) in [5, 5.41) is 0. The number of fused-ring (bicyclic) bond motifs is 1. The number of para-hydroxylation sites is 2. The largest absolute Gasteiger partial charge is 0.496 e. The summed E-state index contributed by atoms with van der Waals surface area (Å²) < 4.78 is 21.8. The van der Waals surface area contributed by atoms with Gasteiger partial charge in [0.2, 0.25) is 5.89 Å². The minimum atomic E-state index is 0.520. The Bertz CT molecular complexity index is 793. The lowest BCUT2D eigenvalue weighted by Crippen LogP contribution is -1.94. The van der Waals surface area contributed by atoms with E-state index in [0.29, 0.717) is 23.1 Å². The maximum absolute atomic E-state index is 5.68. The van der Waals surface area contributed by atoms with Crippen molar-refractivity contribution in [2.24, 2.45) is 0 Å². The van der Waals surface area contributed by atoms with E-state index in [1.807, 2.05) is 30.3 Å². The van der Waals surface area contributed by atoms with Crippen molar-refractivity contribution in [2.75, 3.05) is 21.3 Å². The molecule has 0 aliphatic rings. The van der Waals surface area contributed by atoms with Gasteiger partial charge in [-0.05, 0) is 18.2 Å². The normalized spacial score (nSPS) is 11.1. The van der Waals surface area contributed by atoms with Gasteiger partial charge in [0.05, 0.1) is 26.9 Å². The number of aromatic nitrogens is 1. The van der Waals surface area contributed by atoms with Gasteiger partial charge in [-0.3, -0.25) is 0 Å². The molecule has 1 aromatic heterocycles. The number of rotatable bonds is 5. The molecule has 0 bridgehead atoms. The highest BCUT2D eigenvalue weighted by Gasteiger charge is 2.11. The molecule has 0 spiro atoms. The zero-order chi connectivity index (χ0) is 16.2. The average molecular weight is 311 g/mol. The molecular formula is C18H17NO4. The number of nitrogens with zero attached hydrogens (tertiary/aromatic N) is 1. The van der Waals surface area contributed by atoms with E-state index in [1.54, 1.807) is 39.5 Å². The predicted octanol–water partition coefficient (Wildman–Crippen LogP) is 4.02. The fourth-order valence-electron chi connectivity index (χ4n) is 2.31. The van der Waals surface area contributed by atoms with Gasteiger partial charge in [-0.25, -0.2) is 4.98 Å². The van der Waals surface area contributed by atoms with E-state index >= 15 is 0 Å². The highest BCUT2D eigenvalue weighted by atomic mass is 16.5. The highest BCUT2D eigenvalue weighted by Crippen LogP contribution is 2.35. The third kappa shape index (κ3) is 2.99. The van der Waals surface area contributed by atoms with Gasteiger partial charge in [0.15, 0.2) is 5.58 Å². The van der Waals surface area contributed by atoms with Crippen LogP contribution >= 0.6 is 0 Å². The molecule has 0 aliphatic heterocycles. The summed E-state index contributed by atoms with van der Waals surface area (Å²) in [5.74, 6) is 2.48. The SMILES string of the molecule is COc1cc(OC)c(/C=C/c2nc3ccccc3o2)c(OC)c1. The molecule has 23 heavy (non-hydrogen) atoms. The summed E-state index contributed by atoms with van der Waals surface area (Å²) in [5.41, 5.74) is 2.36. The van der Waals surface area contributed by atoms with E-state index in [9.17, 15) is 0 Å². The summed E-state index contributed by atoms with van der Waals surface area (Å²) >= 11 is 0. The van der Waals surface area contributed by atoms with E-state index in [2.05, 4.69) is 4.98 Å². The smallest absolute Gasteiger partial charge is 0.220 e. The van der Waals surface area contributed by atoms with Gasteiger partial charge < -0.3 is 18.6 Å². The molecule has 5 nitrogen and oxygen atoms in total. The summed E-state index contributed by atoms with van der Waals surface area (Å²) in [4.78, 5) is 4.41. The number of methoxy groups -OCH3 is 3. The third-order valence-corrected chi connectivity index (χ3v) is 3.46. The first-order valence-electron chi connectivity index (χ1n) is 7.09. The minimum Gasteiger partial charge on any atom is -0.496 e. The van der Waals surface area contributed by atoms with Crippen molar-refractivity contribution in [3.8, 4) is 17.2 Å². The van der Waals surface area contributed by atoms with Crippen LogP contribution in [-0.2, 0) is 0 Å². The van der Waals surface area contributed by atoms with Crippen molar-refractivity contribution < 1.29 is 18.6 Å². The molecule has 0 aliphatic carbocycles. The summed E-state index contributed by atoms with van der Waals surface area (Å²) in [6.07, 6.45) is 3.63. The van der Waals surface area contributed by atoms with E-state index in [0.717, 1.165) is 16.7 Å². The van der Waals surface area contributed by atoms with E-state index in [4.69, 9.17) is 18.6 Å². The van der Waals surface area contributed by atoms with Crippen molar-refractivity contribution in [1.82, 2.24) is 4.98 Å². The molecule has 0 fully saturated rings. The fourth-order valence-corrected chi connectivity index (χ4v) is 2.31. The molecular weight excluding hydrogens is 294 g/mol. The Morgan fingerprint density at radius 3 is 2.22 bits per heavy atom. The standard InChI is InChI=1S/C18H17NO4/c1-20-12-10-16(21-2)13(17(11-12)22-3)8-9-18-19-14-6-4-5-7-15(14)23-18/h4-11H,1-3H3/b9-8+. The monoisotopic (exact) mass is 311 g/mol. The number of hydrogen-bond donors (Lipinski definition) is 0. The maximum atomic E-state index is 5.68. The van der Waals surface area contributed by atoms with Gasteiger partial charge in [-0.15, -0.1) is 0 Å². The molecule has 2 aromatic carbocycles. The number of benzene rings is 2. The first kappa shape index (κ1) is 15.0. The minimum absolute atomic E-state index is 0.520. The Labute approximate surface area is 134 Å². The van der Waals surface area contributed by atoms with Gasteiger partial charge in [-0.1, -0.05) is 12.1 Å². The zero-order valence-corrected chi connectivity index (χ0v) is 13.2. The topological polar surface area (TPSA) is 53.7 Å². The maximum Gasteiger partial charge on any atom is 0.220 e. The van der Waals surface area contributed by atoms with Crippen molar-refractivity contribution in [3.05, 3.63) is 47.9 Å². The summed E-state index contributed by atoms with van der Waals surface area (Å²) in [6.45, 7) is 0. The molecule has 5 heteroatoms. The molecule has 1 heterocycles. The molecule has 0 unspecified atom stereocenters. The lowest BCUT2D eigenvalue weighted by atomic mass is 10.1. The zero-order valence-electron chi connectivity index (χ0n) is 13.2. The van der Waals surface area contributed by atoms with Crippen LogP contribution < -0.4 is 14.2 Å². The van der Waals surface area contributed by atoms with E-state index < -0.39 is 0 Å². The van der Waals surface area contributed by atoms with Crippen LogP contribution in [0, 0.1) is 0 Å². The Kier molecular flexibility index (Phi) is 4.19.